The second-order valence-corrected chi connectivity index (χ2v) is 6.12. The number of ether oxygens (including phenoxy) is 1. The fourth-order valence-electron chi connectivity index (χ4n) is 3.80. The average molecular weight is 258 g/mol. The first-order valence-corrected chi connectivity index (χ1v) is 7.47. The summed E-state index contributed by atoms with van der Waals surface area (Å²) in [4.78, 5) is 12.5. The molecular weight excluding hydrogens is 236 g/mol. The number of rotatable bonds is 1. The summed E-state index contributed by atoms with van der Waals surface area (Å²) < 4.78 is 6.37. The van der Waals surface area contributed by atoms with E-state index in [1.54, 1.807) is 0 Å². The molecule has 19 heavy (non-hydrogen) atoms. The summed E-state index contributed by atoms with van der Waals surface area (Å²) in [6, 6.07) is 5.98. The molecule has 0 N–H and O–H groups in total. The molecular formula is C17H22O2. The summed E-state index contributed by atoms with van der Waals surface area (Å²) in [5.74, 6) is 1.60. The fourth-order valence-corrected chi connectivity index (χ4v) is 3.80. The van der Waals surface area contributed by atoms with Crippen molar-refractivity contribution in [3.05, 3.63) is 29.3 Å². The molecule has 1 saturated carbocycles. The third-order valence-corrected chi connectivity index (χ3v) is 4.85. The highest BCUT2D eigenvalue weighted by molar-refractivity contribution is 6.00. The Balaban J connectivity index is 1.99. The second kappa shape index (κ2) is 4.66. The molecule has 2 aliphatic rings. The van der Waals surface area contributed by atoms with Crippen molar-refractivity contribution in [1.29, 1.82) is 0 Å². The molecule has 1 aromatic rings. The Bertz CT molecular complexity index is 506. The largest absolute Gasteiger partial charge is 0.486 e. The number of ketones is 1. The van der Waals surface area contributed by atoms with Gasteiger partial charge in [-0.25, -0.2) is 0 Å². The van der Waals surface area contributed by atoms with E-state index in [1.807, 2.05) is 25.1 Å². The molecule has 1 aliphatic carbocycles. The molecule has 1 aromatic carbocycles. The zero-order chi connectivity index (χ0) is 13.5. The van der Waals surface area contributed by atoms with Crippen molar-refractivity contribution in [2.24, 2.45) is 5.92 Å². The highest BCUT2D eigenvalue weighted by Crippen LogP contribution is 2.46. The van der Waals surface area contributed by atoms with E-state index in [9.17, 15) is 4.79 Å². The first-order chi connectivity index (χ1) is 9.14. The van der Waals surface area contributed by atoms with Crippen molar-refractivity contribution in [1.82, 2.24) is 0 Å². The smallest absolute Gasteiger partial charge is 0.170 e. The number of aryl methyl sites for hydroxylation is 1. The van der Waals surface area contributed by atoms with Gasteiger partial charge >= 0.3 is 0 Å². The highest BCUT2D eigenvalue weighted by Gasteiger charge is 2.46. The lowest BCUT2D eigenvalue weighted by molar-refractivity contribution is -0.0339. The molecule has 2 nitrogen and oxygen atoms in total. The van der Waals surface area contributed by atoms with Gasteiger partial charge in [-0.1, -0.05) is 25.0 Å². The van der Waals surface area contributed by atoms with Gasteiger partial charge in [-0.2, -0.15) is 0 Å². The molecule has 102 valence electrons. The third kappa shape index (κ3) is 2.07. The van der Waals surface area contributed by atoms with Gasteiger partial charge in [0.25, 0.3) is 0 Å². The molecule has 1 spiro atoms. The maximum atomic E-state index is 12.5. The van der Waals surface area contributed by atoms with Gasteiger partial charge in [-0.3, -0.25) is 4.79 Å². The second-order valence-electron chi connectivity index (χ2n) is 6.12. The maximum Gasteiger partial charge on any atom is 0.170 e. The minimum Gasteiger partial charge on any atom is -0.486 e. The molecule has 1 fully saturated rings. The van der Waals surface area contributed by atoms with Crippen molar-refractivity contribution in [2.45, 2.75) is 58.0 Å². The maximum absolute atomic E-state index is 12.5. The van der Waals surface area contributed by atoms with Crippen LogP contribution in [0.2, 0.25) is 0 Å². The van der Waals surface area contributed by atoms with Gasteiger partial charge in [-0.15, -0.1) is 0 Å². The lowest BCUT2D eigenvalue weighted by Crippen LogP contribution is -2.49. The van der Waals surface area contributed by atoms with E-state index in [1.165, 1.54) is 19.3 Å². The van der Waals surface area contributed by atoms with E-state index in [-0.39, 0.29) is 11.4 Å². The van der Waals surface area contributed by atoms with E-state index >= 15 is 0 Å². The Labute approximate surface area is 115 Å². The van der Waals surface area contributed by atoms with Crippen molar-refractivity contribution in [2.75, 3.05) is 0 Å². The highest BCUT2D eigenvalue weighted by atomic mass is 16.5. The van der Waals surface area contributed by atoms with Crippen LogP contribution in [-0.4, -0.2) is 11.4 Å². The van der Waals surface area contributed by atoms with Crippen LogP contribution in [-0.2, 0) is 0 Å². The summed E-state index contributed by atoms with van der Waals surface area (Å²) in [6.07, 6.45) is 6.37. The Morgan fingerprint density at radius 1 is 1.37 bits per heavy atom. The van der Waals surface area contributed by atoms with Crippen molar-refractivity contribution < 1.29 is 9.53 Å². The van der Waals surface area contributed by atoms with Gasteiger partial charge in [0.1, 0.15) is 11.4 Å². The lowest BCUT2D eigenvalue weighted by Gasteiger charge is -2.46. The summed E-state index contributed by atoms with van der Waals surface area (Å²) in [5, 5.41) is 0. The number of hydrogen-bond acceptors (Lipinski definition) is 2. The predicted octanol–water partition coefficient (Wildman–Crippen LogP) is 4.30. The lowest BCUT2D eigenvalue weighted by atomic mass is 9.70. The normalized spacial score (nSPS) is 30.0. The topological polar surface area (TPSA) is 26.3 Å². The van der Waals surface area contributed by atoms with Crippen LogP contribution in [0.25, 0.3) is 0 Å². The van der Waals surface area contributed by atoms with Gasteiger partial charge in [-0.05, 0) is 50.7 Å². The minimum absolute atomic E-state index is 0.216. The van der Waals surface area contributed by atoms with Crippen LogP contribution < -0.4 is 4.74 Å². The standard InChI is InChI=1S/C17H22O2/c1-3-13-6-4-5-9-17(13)11-15(18)14-10-12(2)7-8-16(14)19-17/h7-8,10,13H,3-6,9,11H2,1-2H3. The van der Waals surface area contributed by atoms with Crippen molar-refractivity contribution in [3.8, 4) is 5.75 Å². The van der Waals surface area contributed by atoms with Crippen molar-refractivity contribution in [3.63, 3.8) is 0 Å². The van der Waals surface area contributed by atoms with Gasteiger partial charge < -0.3 is 4.74 Å². The molecule has 1 heterocycles. The zero-order valence-corrected chi connectivity index (χ0v) is 11.9. The summed E-state index contributed by atoms with van der Waals surface area (Å²) in [5.41, 5.74) is 1.69. The monoisotopic (exact) mass is 258 g/mol. The average Bonchev–Trinajstić information content (AvgIpc) is 2.40. The Morgan fingerprint density at radius 3 is 3.00 bits per heavy atom. The molecule has 0 amide bonds. The molecule has 1 aliphatic heterocycles. The molecule has 0 radical (unpaired) electrons. The molecule has 0 aromatic heterocycles. The predicted molar refractivity (Wildman–Crippen MR) is 75.7 cm³/mol. The van der Waals surface area contributed by atoms with Crippen LogP contribution in [0, 0.1) is 12.8 Å². The Hall–Kier alpha value is -1.31. The van der Waals surface area contributed by atoms with Gasteiger partial charge in [0.2, 0.25) is 0 Å². The third-order valence-electron chi connectivity index (χ3n) is 4.85. The molecule has 0 bridgehead atoms. The number of Topliss-reactive ketones (excluding diaryl/α,β-unsaturated/α-hetero) is 1. The van der Waals surface area contributed by atoms with E-state index in [2.05, 4.69) is 6.92 Å². The molecule has 2 heteroatoms. The van der Waals surface area contributed by atoms with Crippen LogP contribution in [0.5, 0.6) is 5.75 Å². The first-order valence-electron chi connectivity index (χ1n) is 7.47. The van der Waals surface area contributed by atoms with Gasteiger partial charge in [0.15, 0.2) is 5.78 Å². The molecule has 3 rings (SSSR count). The Morgan fingerprint density at radius 2 is 2.21 bits per heavy atom. The van der Waals surface area contributed by atoms with E-state index in [0.29, 0.717) is 12.3 Å². The van der Waals surface area contributed by atoms with Crippen LogP contribution in [0.1, 0.15) is 61.4 Å². The summed E-state index contributed by atoms with van der Waals surface area (Å²) in [7, 11) is 0. The van der Waals surface area contributed by atoms with Crippen molar-refractivity contribution >= 4 is 5.78 Å². The van der Waals surface area contributed by atoms with Crippen LogP contribution in [0.15, 0.2) is 18.2 Å². The number of carbonyl (C=O) groups is 1. The SMILES string of the molecule is CCC1CCCCC12CC(=O)c1cc(C)ccc1O2. The zero-order valence-electron chi connectivity index (χ0n) is 11.9. The number of benzene rings is 1. The van der Waals surface area contributed by atoms with Gasteiger partial charge in [0.05, 0.1) is 12.0 Å². The van der Waals surface area contributed by atoms with E-state index in [0.717, 1.165) is 29.7 Å². The van der Waals surface area contributed by atoms with Crippen LogP contribution in [0.4, 0.5) is 0 Å². The van der Waals surface area contributed by atoms with Crippen LogP contribution in [0.3, 0.4) is 0 Å². The fraction of sp³-hybridized carbons (Fsp3) is 0.588. The summed E-state index contributed by atoms with van der Waals surface area (Å²) in [6.45, 7) is 4.24. The number of carbonyl (C=O) groups excluding carboxylic acids is 1. The number of hydrogen-bond donors (Lipinski definition) is 0. The quantitative estimate of drug-likeness (QED) is 0.750. The van der Waals surface area contributed by atoms with E-state index < -0.39 is 0 Å². The minimum atomic E-state index is -0.216. The first kappa shape index (κ1) is 12.7. The Kier molecular flexibility index (Phi) is 3.12. The number of fused-ring (bicyclic) bond motifs is 1. The summed E-state index contributed by atoms with van der Waals surface area (Å²) >= 11 is 0. The molecule has 0 saturated heterocycles. The van der Waals surface area contributed by atoms with Crippen LogP contribution >= 0.6 is 0 Å². The molecule has 2 atom stereocenters. The molecule has 2 unspecified atom stereocenters. The van der Waals surface area contributed by atoms with E-state index in [4.69, 9.17) is 4.74 Å². The van der Waals surface area contributed by atoms with Gasteiger partial charge in [0, 0.05) is 0 Å².